The number of aliphatic hydroxyl groups is 1. The summed E-state index contributed by atoms with van der Waals surface area (Å²) < 4.78 is 0. The number of carbonyl (C=O) groups is 2. The van der Waals surface area contributed by atoms with Gasteiger partial charge in [-0.25, -0.2) is 0 Å². The molecule has 0 spiro atoms. The molecule has 194 valence electrons. The van der Waals surface area contributed by atoms with Crippen LogP contribution in [-0.2, 0) is 9.59 Å². The van der Waals surface area contributed by atoms with E-state index in [9.17, 15) is 14.7 Å². The van der Waals surface area contributed by atoms with E-state index >= 15 is 0 Å². The molecule has 2 bridgehead atoms. The van der Waals surface area contributed by atoms with E-state index in [0.717, 1.165) is 70.8 Å². The number of Topliss-reactive ketones (excluding diaryl/α,β-unsaturated/α-hetero) is 1. The van der Waals surface area contributed by atoms with Crippen molar-refractivity contribution in [3.05, 3.63) is 12.2 Å². The molecule has 3 fully saturated rings. The SMILES string of the molecule is CCCCCC(O)C=CC1CCC(=O)C1CCCCCCC(=O)N1CC2(C)CC1CC(C)(C)C2. The monoisotopic (exact) mass is 473 g/mol. The van der Waals surface area contributed by atoms with E-state index in [2.05, 4.69) is 38.7 Å². The molecule has 5 unspecified atom stereocenters. The zero-order valence-corrected chi connectivity index (χ0v) is 22.5. The quantitative estimate of drug-likeness (QED) is 0.235. The molecule has 2 saturated carbocycles. The molecule has 3 aliphatic rings. The van der Waals surface area contributed by atoms with Crippen molar-refractivity contribution in [2.75, 3.05) is 6.54 Å². The summed E-state index contributed by atoms with van der Waals surface area (Å²) in [5.74, 6) is 1.20. The Morgan fingerprint density at radius 3 is 2.65 bits per heavy atom. The second-order valence-electron chi connectivity index (χ2n) is 12.9. The lowest BCUT2D eigenvalue weighted by atomic mass is 9.65. The molecule has 5 atom stereocenters. The van der Waals surface area contributed by atoms with E-state index in [1.165, 1.54) is 19.3 Å². The van der Waals surface area contributed by atoms with Crippen molar-refractivity contribution >= 4 is 11.7 Å². The first-order chi connectivity index (χ1) is 16.1. The van der Waals surface area contributed by atoms with Crippen LogP contribution >= 0.6 is 0 Å². The highest BCUT2D eigenvalue weighted by atomic mass is 16.3. The van der Waals surface area contributed by atoms with E-state index < -0.39 is 0 Å². The molecule has 1 saturated heterocycles. The third-order valence-corrected chi connectivity index (χ3v) is 8.73. The molecule has 1 heterocycles. The van der Waals surface area contributed by atoms with Crippen molar-refractivity contribution in [1.29, 1.82) is 0 Å². The number of carbonyl (C=O) groups excluding carboxylic acids is 2. The van der Waals surface area contributed by atoms with Gasteiger partial charge in [-0.05, 0) is 61.7 Å². The van der Waals surface area contributed by atoms with E-state index in [-0.39, 0.29) is 12.0 Å². The first kappa shape index (κ1) is 27.4. The molecule has 2 aliphatic carbocycles. The minimum atomic E-state index is -0.371. The Kier molecular flexibility index (Phi) is 9.83. The molecule has 0 aromatic carbocycles. The van der Waals surface area contributed by atoms with Crippen molar-refractivity contribution in [1.82, 2.24) is 4.90 Å². The van der Waals surface area contributed by atoms with Crippen LogP contribution in [0.4, 0.5) is 0 Å². The van der Waals surface area contributed by atoms with Crippen LogP contribution in [0.2, 0.25) is 0 Å². The lowest BCUT2D eigenvalue weighted by Gasteiger charge is -2.39. The van der Waals surface area contributed by atoms with Gasteiger partial charge in [0.2, 0.25) is 5.91 Å². The van der Waals surface area contributed by atoms with Gasteiger partial charge in [0.15, 0.2) is 0 Å². The molecule has 0 radical (unpaired) electrons. The number of allylic oxidation sites excluding steroid dienone is 1. The summed E-state index contributed by atoms with van der Waals surface area (Å²) in [5, 5.41) is 10.2. The molecule has 34 heavy (non-hydrogen) atoms. The fourth-order valence-electron chi connectivity index (χ4n) is 7.40. The smallest absolute Gasteiger partial charge is 0.222 e. The lowest BCUT2D eigenvalue weighted by Crippen LogP contribution is -2.37. The van der Waals surface area contributed by atoms with Gasteiger partial charge < -0.3 is 10.0 Å². The van der Waals surface area contributed by atoms with Crippen molar-refractivity contribution in [2.45, 2.75) is 136 Å². The van der Waals surface area contributed by atoms with Crippen LogP contribution in [0.1, 0.15) is 124 Å². The molecule has 1 amide bonds. The van der Waals surface area contributed by atoms with Crippen molar-refractivity contribution < 1.29 is 14.7 Å². The van der Waals surface area contributed by atoms with Crippen LogP contribution in [-0.4, -0.2) is 40.4 Å². The molecule has 1 aliphatic heterocycles. The Balaban J connectivity index is 1.33. The van der Waals surface area contributed by atoms with Crippen LogP contribution in [0, 0.1) is 22.7 Å². The van der Waals surface area contributed by atoms with E-state index in [0.29, 0.717) is 47.3 Å². The molecule has 3 rings (SSSR count). The molecular weight excluding hydrogens is 422 g/mol. The van der Waals surface area contributed by atoms with Gasteiger partial charge in [-0.15, -0.1) is 0 Å². The van der Waals surface area contributed by atoms with Gasteiger partial charge in [0.25, 0.3) is 0 Å². The Bertz CT molecular complexity index is 714. The van der Waals surface area contributed by atoms with Gasteiger partial charge in [-0.2, -0.15) is 0 Å². The summed E-state index contributed by atoms with van der Waals surface area (Å²) in [5.41, 5.74) is 0.664. The van der Waals surface area contributed by atoms with Gasteiger partial charge in [0.1, 0.15) is 5.78 Å². The molecule has 0 aromatic rings. The van der Waals surface area contributed by atoms with E-state index in [1.54, 1.807) is 0 Å². The fourth-order valence-corrected chi connectivity index (χ4v) is 7.40. The summed E-state index contributed by atoms with van der Waals surface area (Å²) in [6.07, 6.45) is 18.9. The molecule has 4 nitrogen and oxygen atoms in total. The average Bonchev–Trinajstić information content (AvgIpc) is 3.23. The zero-order chi connectivity index (χ0) is 24.8. The number of unbranched alkanes of at least 4 members (excludes halogenated alkanes) is 5. The maximum Gasteiger partial charge on any atom is 0.222 e. The minimum absolute atomic E-state index is 0.133. The summed E-state index contributed by atoms with van der Waals surface area (Å²) >= 11 is 0. The fraction of sp³-hybridized carbons (Fsp3) is 0.867. The van der Waals surface area contributed by atoms with Crippen molar-refractivity contribution in [3.63, 3.8) is 0 Å². The average molecular weight is 474 g/mol. The van der Waals surface area contributed by atoms with Crippen molar-refractivity contribution in [3.8, 4) is 0 Å². The van der Waals surface area contributed by atoms with Crippen LogP contribution in [0.25, 0.3) is 0 Å². The van der Waals surface area contributed by atoms with E-state index in [4.69, 9.17) is 0 Å². The first-order valence-corrected chi connectivity index (χ1v) is 14.3. The molecule has 4 heteroatoms. The lowest BCUT2D eigenvalue weighted by molar-refractivity contribution is -0.132. The summed E-state index contributed by atoms with van der Waals surface area (Å²) in [7, 11) is 0. The number of rotatable bonds is 13. The van der Waals surface area contributed by atoms with Crippen molar-refractivity contribution in [2.24, 2.45) is 22.7 Å². The predicted molar refractivity (Wildman–Crippen MR) is 139 cm³/mol. The zero-order valence-electron chi connectivity index (χ0n) is 22.5. The number of hydrogen-bond acceptors (Lipinski definition) is 3. The number of hydrogen-bond donors (Lipinski definition) is 1. The molecule has 1 N–H and O–H groups in total. The van der Waals surface area contributed by atoms with Crippen LogP contribution in [0.3, 0.4) is 0 Å². The Labute approximate surface area is 208 Å². The Morgan fingerprint density at radius 1 is 1.12 bits per heavy atom. The van der Waals surface area contributed by atoms with E-state index in [1.807, 2.05) is 6.08 Å². The standard InChI is InChI=1S/C30H51NO3/c1-5-6-9-12-25(32)17-15-23-16-18-27(33)26(23)13-10-7-8-11-14-28(34)31-22-30(4)20-24(31)19-29(2,3)21-30/h15,17,23-26,32H,5-14,16,18-22H2,1-4H3. The highest BCUT2D eigenvalue weighted by Crippen LogP contribution is 2.52. The summed E-state index contributed by atoms with van der Waals surface area (Å²) in [6.45, 7) is 10.2. The van der Waals surface area contributed by atoms with Crippen LogP contribution < -0.4 is 0 Å². The summed E-state index contributed by atoms with van der Waals surface area (Å²) in [4.78, 5) is 27.6. The van der Waals surface area contributed by atoms with Gasteiger partial charge >= 0.3 is 0 Å². The normalized spacial score (nSPS) is 31.5. The number of fused-ring (bicyclic) bond motifs is 2. The second-order valence-corrected chi connectivity index (χ2v) is 12.9. The number of aliphatic hydroxyl groups excluding tert-OH is 1. The number of likely N-dealkylation sites (tertiary alicyclic amines) is 1. The highest BCUT2D eigenvalue weighted by molar-refractivity contribution is 5.83. The first-order valence-electron chi connectivity index (χ1n) is 14.3. The third kappa shape index (κ3) is 7.67. The highest BCUT2D eigenvalue weighted by Gasteiger charge is 2.50. The van der Waals surface area contributed by atoms with Crippen LogP contribution in [0.15, 0.2) is 12.2 Å². The third-order valence-electron chi connectivity index (χ3n) is 8.73. The molecule has 0 aromatic heterocycles. The Morgan fingerprint density at radius 2 is 1.88 bits per heavy atom. The maximum atomic E-state index is 12.9. The predicted octanol–water partition coefficient (Wildman–Crippen LogP) is 6.85. The molecular formula is C30H51NO3. The topological polar surface area (TPSA) is 57.6 Å². The van der Waals surface area contributed by atoms with Gasteiger partial charge in [0, 0.05) is 31.3 Å². The number of amides is 1. The maximum absolute atomic E-state index is 12.9. The minimum Gasteiger partial charge on any atom is -0.389 e. The number of ketones is 1. The largest absolute Gasteiger partial charge is 0.389 e. The Hall–Kier alpha value is -1.16. The van der Waals surface area contributed by atoms with Gasteiger partial charge in [-0.1, -0.05) is 78.4 Å². The van der Waals surface area contributed by atoms with Crippen LogP contribution in [0.5, 0.6) is 0 Å². The van der Waals surface area contributed by atoms with Gasteiger partial charge in [-0.3, -0.25) is 9.59 Å². The van der Waals surface area contributed by atoms with Gasteiger partial charge in [0.05, 0.1) is 6.10 Å². The second kappa shape index (κ2) is 12.2. The summed E-state index contributed by atoms with van der Waals surface area (Å²) in [6, 6.07) is 0.449. The number of nitrogens with zero attached hydrogens (tertiary/aromatic N) is 1.